The average molecular weight is 318 g/mol. The number of aliphatic hydroxyl groups is 1. The topological polar surface area (TPSA) is 57.6 Å². The van der Waals surface area contributed by atoms with Crippen molar-refractivity contribution in [2.45, 2.75) is 31.8 Å². The zero-order chi connectivity index (χ0) is 14.9. The Morgan fingerprint density at radius 3 is 2.70 bits per heavy atom. The van der Waals surface area contributed by atoms with Crippen molar-refractivity contribution in [3.8, 4) is 0 Å². The maximum atomic E-state index is 12.6. The van der Waals surface area contributed by atoms with E-state index in [2.05, 4.69) is 13.8 Å². The van der Waals surface area contributed by atoms with Gasteiger partial charge in [-0.2, -0.15) is 4.31 Å². The number of benzene rings is 1. The van der Waals surface area contributed by atoms with E-state index in [-0.39, 0.29) is 11.5 Å². The first-order valence-corrected chi connectivity index (χ1v) is 8.57. The molecule has 112 valence electrons. The molecule has 1 aliphatic rings. The maximum Gasteiger partial charge on any atom is 0.243 e. The zero-order valence-electron chi connectivity index (χ0n) is 11.7. The van der Waals surface area contributed by atoms with E-state index in [0.717, 1.165) is 6.42 Å². The van der Waals surface area contributed by atoms with Gasteiger partial charge in [-0.25, -0.2) is 8.42 Å². The minimum absolute atomic E-state index is 0.204. The van der Waals surface area contributed by atoms with Gasteiger partial charge in [0, 0.05) is 18.1 Å². The van der Waals surface area contributed by atoms with Gasteiger partial charge in [-0.3, -0.25) is 0 Å². The summed E-state index contributed by atoms with van der Waals surface area (Å²) in [5, 5.41) is 9.58. The van der Waals surface area contributed by atoms with Gasteiger partial charge in [0.1, 0.15) is 0 Å². The van der Waals surface area contributed by atoms with E-state index in [0.29, 0.717) is 35.5 Å². The van der Waals surface area contributed by atoms with E-state index in [9.17, 15) is 13.5 Å². The Bertz CT molecular complexity index is 586. The van der Waals surface area contributed by atoms with Crippen molar-refractivity contribution in [1.29, 1.82) is 0 Å². The van der Waals surface area contributed by atoms with Crippen LogP contribution in [0.2, 0.25) is 5.02 Å². The summed E-state index contributed by atoms with van der Waals surface area (Å²) in [6, 6.07) is 4.48. The van der Waals surface area contributed by atoms with Crippen molar-refractivity contribution >= 4 is 21.6 Å². The molecule has 1 fully saturated rings. The highest BCUT2D eigenvalue weighted by atomic mass is 35.5. The van der Waals surface area contributed by atoms with Crippen LogP contribution in [0.1, 0.15) is 25.8 Å². The van der Waals surface area contributed by atoms with Crippen LogP contribution in [-0.2, 0) is 16.6 Å². The molecule has 1 aromatic carbocycles. The molecule has 2 rings (SSSR count). The fourth-order valence-electron chi connectivity index (χ4n) is 2.50. The predicted molar refractivity (Wildman–Crippen MR) is 79.1 cm³/mol. The summed E-state index contributed by atoms with van der Waals surface area (Å²) in [6.45, 7) is 5.09. The number of nitrogens with zero attached hydrogens (tertiary/aromatic N) is 1. The molecule has 0 amide bonds. The van der Waals surface area contributed by atoms with Crippen LogP contribution < -0.4 is 0 Å². The van der Waals surface area contributed by atoms with Crippen molar-refractivity contribution in [2.75, 3.05) is 13.1 Å². The molecule has 6 heteroatoms. The first-order valence-electron chi connectivity index (χ1n) is 6.75. The van der Waals surface area contributed by atoms with Crippen LogP contribution in [0.15, 0.2) is 23.1 Å². The van der Waals surface area contributed by atoms with E-state index in [4.69, 9.17) is 11.6 Å². The van der Waals surface area contributed by atoms with Crippen LogP contribution in [-0.4, -0.2) is 30.9 Å². The lowest BCUT2D eigenvalue weighted by Crippen LogP contribution is -2.29. The van der Waals surface area contributed by atoms with E-state index in [1.807, 2.05) is 0 Å². The highest BCUT2D eigenvalue weighted by Gasteiger charge is 2.33. The minimum Gasteiger partial charge on any atom is -0.392 e. The molecule has 4 nitrogen and oxygen atoms in total. The van der Waals surface area contributed by atoms with Gasteiger partial charge in [-0.05, 0) is 42.0 Å². The maximum absolute atomic E-state index is 12.6. The van der Waals surface area contributed by atoms with Gasteiger partial charge < -0.3 is 5.11 Å². The second-order valence-corrected chi connectivity index (χ2v) is 7.91. The van der Waals surface area contributed by atoms with Crippen LogP contribution in [0.3, 0.4) is 0 Å². The van der Waals surface area contributed by atoms with Crippen molar-refractivity contribution < 1.29 is 13.5 Å². The first kappa shape index (κ1) is 15.8. The van der Waals surface area contributed by atoms with Gasteiger partial charge in [0.15, 0.2) is 0 Å². The predicted octanol–water partition coefficient (Wildman–Crippen LogP) is 2.50. The molecule has 1 N–H and O–H groups in total. The Morgan fingerprint density at radius 1 is 1.45 bits per heavy atom. The summed E-state index contributed by atoms with van der Waals surface area (Å²) in [7, 11) is -3.49. The molecule has 0 aromatic heterocycles. The molecule has 0 spiro atoms. The minimum atomic E-state index is -3.49. The van der Waals surface area contributed by atoms with Crippen molar-refractivity contribution in [3.05, 3.63) is 28.8 Å². The van der Waals surface area contributed by atoms with Gasteiger partial charge in [0.25, 0.3) is 0 Å². The van der Waals surface area contributed by atoms with Crippen molar-refractivity contribution in [1.82, 2.24) is 4.31 Å². The second kappa shape index (κ2) is 6.02. The van der Waals surface area contributed by atoms with Gasteiger partial charge in [0.2, 0.25) is 10.0 Å². The van der Waals surface area contributed by atoms with Gasteiger partial charge in [-0.15, -0.1) is 0 Å². The number of rotatable bonds is 4. The van der Waals surface area contributed by atoms with Gasteiger partial charge in [0.05, 0.1) is 11.5 Å². The van der Waals surface area contributed by atoms with Crippen LogP contribution in [0.25, 0.3) is 0 Å². The molecular formula is C14H20ClNO3S. The average Bonchev–Trinajstić information content (AvgIpc) is 2.89. The summed E-state index contributed by atoms with van der Waals surface area (Å²) in [4.78, 5) is 0.204. The zero-order valence-corrected chi connectivity index (χ0v) is 13.3. The standard InChI is InChI=1S/C14H20ClNO3S/c1-10(2)11-5-6-16(8-11)20(18,19)13-3-4-14(15)12(7-13)9-17/h3-4,7,10-11,17H,5-6,8-9H2,1-2H3. The van der Waals surface area contributed by atoms with E-state index in [1.165, 1.54) is 22.5 Å². The first-order chi connectivity index (χ1) is 9.36. The molecule has 0 aliphatic carbocycles. The molecule has 1 heterocycles. The van der Waals surface area contributed by atoms with Gasteiger partial charge >= 0.3 is 0 Å². The molecule has 0 bridgehead atoms. The summed E-state index contributed by atoms with van der Waals surface area (Å²) >= 11 is 5.90. The third kappa shape index (κ3) is 3.01. The number of aliphatic hydroxyl groups excluding tert-OH is 1. The largest absolute Gasteiger partial charge is 0.392 e. The van der Waals surface area contributed by atoms with Crippen molar-refractivity contribution in [2.24, 2.45) is 11.8 Å². The molecule has 1 saturated heterocycles. The number of hydrogen-bond donors (Lipinski definition) is 1. The second-order valence-electron chi connectivity index (χ2n) is 5.57. The fourth-order valence-corrected chi connectivity index (χ4v) is 4.24. The Kier molecular flexibility index (Phi) is 4.74. The highest BCUT2D eigenvalue weighted by Crippen LogP contribution is 2.30. The smallest absolute Gasteiger partial charge is 0.243 e. The Labute approximate surface area is 125 Å². The summed E-state index contributed by atoms with van der Waals surface area (Å²) in [6.07, 6.45) is 0.900. The molecule has 1 unspecified atom stereocenters. The lowest BCUT2D eigenvalue weighted by molar-refractivity contribution is 0.281. The van der Waals surface area contributed by atoms with E-state index >= 15 is 0 Å². The summed E-state index contributed by atoms with van der Waals surface area (Å²) in [5.41, 5.74) is 0.437. The van der Waals surface area contributed by atoms with Crippen LogP contribution >= 0.6 is 11.6 Å². The molecule has 1 atom stereocenters. The Balaban J connectivity index is 2.27. The lowest BCUT2D eigenvalue weighted by Gasteiger charge is -2.18. The quantitative estimate of drug-likeness (QED) is 0.928. The molecule has 0 saturated carbocycles. The summed E-state index contributed by atoms with van der Waals surface area (Å²) in [5.74, 6) is 0.891. The fraction of sp³-hybridized carbons (Fsp3) is 0.571. The Morgan fingerprint density at radius 2 is 2.15 bits per heavy atom. The SMILES string of the molecule is CC(C)C1CCN(S(=O)(=O)c2ccc(Cl)c(CO)c2)C1. The number of hydrogen-bond acceptors (Lipinski definition) is 3. The molecular weight excluding hydrogens is 298 g/mol. The van der Waals surface area contributed by atoms with Crippen molar-refractivity contribution in [3.63, 3.8) is 0 Å². The van der Waals surface area contributed by atoms with E-state index < -0.39 is 10.0 Å². The molecule has 1 aliphatic heterocycles. The van der Waals surface area contributed by atoms with Crippen LogP contribution in [0.5, 0.6) is 0 Å². The van der Waals surface area contributed by atoms with Crippen LogP contribution in [0.4, 0.5) is 0 Å². The summed E-state index contributed by atoms with van der Waals surface area (Å²) < 4.78 is 26.7. The number of sulfonamides is 1. The third-order valence-electron chi connectivity index (χ3n) is 3.96. The van der Waals surface area contributed by atoms with Crippen LogP contribution in [0, 0.1) is 11.8 Å². The lowest BCUT2D eigenvalue weighted by atomic mass is 9.96. The normalized spacial score (nSPS) is 20.8. The highest BCUT2D eigenvalue weighted by molar-refractivity contribution is 7.89. The van der Waals surface area contributed by atoms with Gasteiger partial charge in [-0.1, -0.05) is 25.4 Å². The third-order valence-corrected chi connectivity index (χ3v) is 6.19. The number of halogens is 1. The molecule has 20 heavy (non-hydrogen) atoms. The molecule has 1 aromatic rings. The Hall–Kier alpha value is -0.620. The van der Waals surface area contributed by atoms with E-state index in [1.54, 1.807) is 0 Å². The molecule has 0 radical (unpaired) electrons. The monoisotopic (exact) mass is 317 g/mol.